The van der Waals surface area contributed by atoms with Crippen LogP contribution in [0.25, 0.3) is 0 Å². The van der Waals surface area contributed by atoms with Crippen LogP contribution in [-0.2, 0) is 0 Å². The molecule has 0 aromatic carbocycles. The molecule has 90 valence electrons. The van der Waals surface area contributed by atoms with Crippen molar-refractivity contribution in [3.63, 3.8) is 0 Å². The van der Waals surface area contributed by atoms with E-state index in [1.54, 1.807) is 0 Å². The quantitative estimate of drug-likeness (QED) is 0.716. The lowest BCUT2D eigenvalue weighted by Crippen LogP contribution is -2.42. The molecule has 3 rings (SSSR count). The molecule has 2 aliphatic heterocycles. The highest BCUT2D eigenvalue weighted by Gasteiger charge is 2.38. The van der Waals surface area contributed by atoms with Crippen LogP contribution < -0.4 is 0 Å². The van der Waals surface area contributed by atoms with Gasteiger partial charge in [-0.05, 0) is 33.1 Å². The number of carbonyl (C=O) groups excluding carboxylic acids is 1. The molecule has 0 radical (unpaired) electrons. The maximum atomic E-state index is 12.6. The summed E-state index contributed by atoms with van der Waals surface area (Å²) in [5, 5.41) is 0.978. The van der Waals surface area contributed by atoms with E-state index in [0.29, 0.717) is 12.1 Å². The Morgan fingerprint density at radius 3 is 2.94 bits per heavy atom. The first kappa shape index (κ1) is 11.0. The zero-order valence-corrected chi connectivity index (χ0v) is 11.0. The average molecular weight is 248 g/mol. The fourth-order valence-corrected chi connectivity index (χ4v) is 3.75. The highest BCUT2D eigenvalue weighted by molar-refractivity contribution is 7.13. The summed E-state index contributed by atoms with van der Waals surface area (Å²) in [5.74, 6) is 0.185. The van der Waals surface area contributed by atoms with E-state index in [9.17, 15) is 4.79 Å². The number of aromatic nitrogens is 1. The normalized spacial score (nSPS) is 26.6. The van der Waals surface area contributed by atoms with Crippen LogP contribution in [0.1, 0.15) is 39.6 Å². The van der Waals surface area contributed by atoms with Gasteiger partial charge in [0, 0.05) is 6.04 Å². The second kappa shape index (κ2) is 3.95. The van der Waals surface area contributed by atoms with Crippen LogP contribution in [0.2, 0.25) is 0 Å². The van der Waals surface area contributed by atoms with Gasteiger partial charge in [0.1, 0.15) is 4.88 Å². The summed E-state index contributed by atoms with van der Waals surface area (Å²) in [7, 11) is 0. The van der Waals surface area contributed by atoms with Gasteiger partial charge in [0.05, 0.1) is 16.7 Å². The lowest BCUT2D eigenvalue weighted by atomic mass is 10.1. The van der Waals surface area contributed by atoms with E-state index >= 15 is 0 Å². The monoisotopic (exact) mass is 248 g/mol. The van der Waals surface area contributed by atoms with Gasteiger partial charge in [-0.3, -0.25) is 4.79 Å². The van der Waals surface area contributed by atoms with Crippen LogP contribution in [0.3, 0.4) is 0 Å². The maximum Gasteiger partial charge on any atom is 0.266 e. The van der Waals surface area contributed by atoms with Crippen LogP contribution in [0.5, 0.6) is 0 Å². The summed E-state index contributed by atoms with van der Waals surface area (Å²) in [4.78, 5) is 19.8. The van der Waals surface area contributed by atoms with Crippen LogP contribution in [0.4, 0.5) is 0 Å². The SMILES string of the molecule is Cc1nc(C)c(C(=O)N2C3C=CCC2CC3)s1. The van der Waals surface area contributed by atoms with E-state index in [-0.39, 0.29) is 5.91 Å². The summed E-state index contributed by atoms with van der Waals surface area (Å²) in [6, 6.07) is 0.738. The number of carbonyl (C=O) groups is 1. The zero-order valence-electron chi connectivity index (χ0n) is 10.1. The summed E-state index contributed by atoms with van der Waals surface area (Å²) in [6.45, 7) is 3.89. The minimum Gasteiger partial charge on any atom is -0.328 e. The summed E-state index contributed by atoms with van der Waals surface area (Å²) in [6.07, 6.45) is 7.67. The Labute approximate surface area is 105 Å². The molecular weight excluding hydrogens is 232 g/mol. The molecule has 0 spiro atoms. The molecule has 0 aliphatic carbocycles. The van der Waals surface area contributed by atoms with Crippen LogP contribution in [0, 0.1) is 13.8 Å². The first-order valence-electron chi connectivity index (χ1n) is 6.10. The largest absolute Gasteiger partial charge is 0.328 e. The third-order valence-electron chi connectivity index (χ3n) is 3.65. The van der Waals surface area contributed by atoms with E-state index in [2.05, 4.69) is 22.0 Å². The maximum absolute atomic E-state index is 12.6. The number of aryl methyl sites for hydroxylation is 2. The van der Waals surface area contributed by atoms with Crippen LogP contribution in [-0.4, -0.2) is 27.9 Å². The molecule has 17 heavy (non-hydrogen) atoms. The average Bonchev–Trinajstić information content (AvgIpc) is 2.75. The van der Waals surface area contributed by atoms with Gasteiger partial charge in [0.25, 0.3) is 5.91 Å². The molecule has 4 heteroatoms. The first-order chi connectivity index (χ1) is 8.16. The van der Waals surface area contributed by atoms with Crippen molar-refractivity contribution >= 4 is 17.2 Å². The molecule has 3 nitrogen and oxygen atoms in total. The van der Waals surface area contributed by atoms with Crippen molar-refractivity contribution in [2.45, 2.75) is 45.2 Å². The highest BCUT2D eigenvalue weighted by Crippen LogP contribution is 2.34. The molecule has 3 heterocycles. The second-order valence-corrected chi connectivity index (χ2v) is 6.03. The number of hydrogen-bond donors (Lipinski definition) is 0. The molecule has 1 saturated heterocycles. The van der Waals surface area contributed by atoms with E-state index in [1.165, 1.54) is 11.3 Å². The molecule has 0 N–H and O–H groups in total. The number of rotatable bonds is 1. The third kappa shape index (κ3) is 1.71. The van der Waals surface area contributed by atoms with Gasteiger partial charge in [-0.15, -0.1) is 11.3 Å². The molecule has 0 saturated carbocycles. The van der Waals surface area contributed by atoms with Gasteiger partial charge >= 0.3 is 0 Å². The Kier molecular flexibility index (Phi) is 2.54. The molecule has 2 unspecified atom stereocenters. The zero-order chi connectivity index (χ0) is 12.0. The minimum absolute atomic E-state index is 0.185. The van der Waals surface area contributed by atoms with Crippen molar-refractivity contribution in [3.8, 4) is 0 Å². The van der Waals surface area contributed by atoms with E-state index in [1.807, 2.05) is 13.8 Å². The van der Waals surface area contributed by atoms with E-state index in [0.717, 1.165) is 34.8 Å². The molecule has 1 aromatic rings. The molecule has 1 aromatic heterocycles. The molecule has 1 amide bonds. The van der Waals surface area contributed by atoms with Crippen molar-refractivity contribution in [2.24, 2.45) is 0 Å². The Morgan fingerprint density at radius 1 is 1.47 bits per heavy atom. The Hall–Kier alpha value is -1.16. The lowest BCUT2D eigenvalue weighted by molar-refractivity contribution is 0.0693. The molecular formula is C13H16N2OS. The van der Waals surface area contributed by atoms with Crippen molar-refractivity contribution < 1.29 is 4.79 Å². The van der Waals surface area contributed by atoms with Crippen molar-refractivity contribution in [1.82, 2.24) is 9.88 Å². The second-order valence-electron chi connectivity index (χ2n) is 4.82. The molecule has 2 aliphatic rings. The number of amides is 1. The lowest BCUT2D eigenvalue weighted by Gasteiger charge is -2.31. The molecule has 2 bridgehead atoms. The minimum atomic E-state index is 0.185. The van der Waals surface area contributed by atoms with Crippen LogP contribution in [0.15, 0.2) is 12.2 Å². The number of thiazole rings is 1. The van der Waals surface area contributed by atoms with Crippen molar-refractivity contribution in [1.29, 1.82) is 0 Å². The topological polar surface area (TPSA) is 33.2 Å². The van der Waals surface area contributed by atoms with Crippen molar-refractivity contribution in [3.05, 3.63) is 27.7 Å². The molecule has 1 fully saturated rings. The van der Waals surface area contributed by atoms with Gasteiger partial charge in [-0.2, -0.15) is 0 Å². The van der Waals surface area contributed by atoms with Gasteiger partial charge in [-0.25, -0.2) is 4.98 Å². The Balaban J connectivity index is 1.93. The standard InChI is InChI=1S/C13H16N2OS/c1-8-12(17-9(2)14-8)13(16)15-10-4-3-5-11(15)7-6-10/h3-4,10-11H,5-7H2,1-2H3. The summed E-state index contributed by atoms with van der Waals surface area (Å²) >= 11 is 1.52. The van der Waals surface area contributed by atoms with Gasteiger partial charge in [0.15, 0.2) is 0 Å². The number of fused-ring (bicyclic) bond motifs is 2. The molecule has 2 atom stereocenters. The van der Waals surface area contributed by atoms with E-state index in [4.69, 9.17) is 0 Å². The fraction of sp³-hybridized carbons (Fsp3) is 0.538. The van der Waals surface area contributed by atoms with E-state index < -0.39 is 0 Å². The van der Waals surface area contributed by atoms with Gasteiger partial charge < -0.3 is 4.90 Å². The predicted octanol–water partition coefficient (Wildman–Crippen LogP) is 2.69. The van der Waals surface area contributed by atoms with Gasteiger partial charge in [-0.1, -0.05) is 12.2 Å². The summed E-state index contributed by atoms with van der Waals surface area (Å²) in [5.41, 5.74) is 0.881. The summed E-state index contributed by atoms with van der Waals surface area (Å²) < 4.78 is 0. The predicted molar refractivity (Wildman–Crippen MR) is 68.3 cm³/mol. The van der Waals surface area contributed by atoms with Gasteiger partial charge in [0.2, 0.25) is 0 Å². The Morgan fingerprint density at radius 2 is 2.29 bits per heavy atom. The number of hydrogen-bond acceptors (Lipinski definition) is 3. The fourth-order valence-electron chi connectivity index (χ4n) is 2.89. The first-order valence-corrected chi connectivity index (χ1v) is 6.92. The Bertz CT molecular complexity index is 492. The highest BCUT2D eigenvalue weighted by atomic mass is 32.1. The number of nitrogens with zero attached hydrogens (tertiary/aromatic N) is 2. The smallest absolute Gasteiger partial charge is 0.266 e. The van der Waals surface area contributed by atoms with Crippen LogP contribution >= 0.6 is 11.3 Å². The van der Waals surface area contributed by atoms with Crippen molar-refractivity contribution in [2.75, 3.05) is 0 Å². The third-order valence-corrected chi connectivity index (χ3v) is 4.71.